The van der Waals surface area contributed by atoms with E-state index in [2.05, 4.69) is 0 Å². The van der Waals surface area contributed by atoms with E-state index in [4.69, 9.17) is 9.41 Å². The Morgan fingerprint density at radius 1 is 0.917 bits per heavy atom. The van der Waals surface area contributed by atoms with Crippen LogP contribution >= 0.6 is 11.8 Å². The van der Waals surface area contributed by atoms with Gasteiger partial charge in [0.15, 0.2) is 5.17 Å². The number of carboxylic acids is 1. The lowest BCUT2D eigenvalue weighted by molar-refractivity contribution is -0.122. The van der Waals surface area contributed by atoms with Crippen molar-refractivity contribution < 1.29 is 19.1 Å². The summed E-state index contributed by atoms with van der Waals surface area (Å²) in [6.45, 7) is 0.494. The number of aliphatic imine (C=N–C) groups is 1. The second kappa shape index (κ2) is 10.5. The summed E-state index contributed by atoms with van der Waals surface area (Å²) in [6.07, 6.45) is 2.38. The van der Waals surface area contributed by atoms with Crippen molar-refractivity contribution in [3.63, 3.8) is 0 Å². The van der Waals surface area contributed by atoms with Gasteiger partial charge in [-0.3, -0.25) is 9.69 Å². The van der Waals surface area contributed by atoms with Crippen molar-refractivity contribution in [1.82, 2.24) is 4.90 Å². The number of carboxylic acid groups (broad SMARTS) is 1. The molecule has 178 valence electrons. The first kappa shape index (κ1) is 23.4. The molecule has 6 nitrogen and oxygen atoms in total. The third kappa shape index (κ3) is 5.16. The molecule has 5 rings (SSSR count). The predicted molar refractivity (Wildman–Crippen MR) is 142 cm³/mol. The van der Waals surface area contributed by atoms with Crippen LogP contribution in [-0.2, 0) is 11.2 Å². The molecule has 1 amide bonds. The molecule has 0 saturated carbocycles. The molecule has 0 unspecified atom stereocenters. The number of amidine groups is 1. The fraction of sp³-hybridized carbons (Fsp3) is 0.0690. The number of hydrogen-bond acceptors (Lipinski definition) is 5. The monoisotopic (exact) mass is 494 g/mol. The molecule has 0 aliphatic carbocycles. The van der Waals surface area contributed by atoms with Crippen molar-refractivity contribution in [2.45, 2.75) is 6.42 Å². The Bertz CT molecular complexity index is 1460. The van der Waals surface area contributed by atoms with Crippen LogP contribution in [0.1, 0.15) is 21.7 Å². The molecular weight excluding hydrogens is 472 g/mol. The molecule has 0 radical (unpaired) electrons. The molecule has 1 aromatic heterocycles. The summed E-state index contributed by atoms with van der Waals surface area (Å²) in [5.74, 6) is -0.284. The van der Waals surface area contributed by atoms with Crippen LogP contribution in [0, 0.1) is 0 Å². The fourth-order valence-corrected chi connectivity index (χ4v) is 4.88. The minimum absolute atomic E-state index is 0.144. The Labute approximate surface area is 212 Å². The van der Waals surface area contributed by atoms with Crippen LogP contribution < -0.4 is 0 Å². The van der Waals surface area contributed by atoms with E-state index in [0.29, 0.717) is 40.1 Å². The maximum atomic E-state index is 13.4. The molecular formula is C29H22N2O4S. The molecule has 0 spiro atoms. The molecule has 36 heavy (non-hydrogen) atoms. The van der Waals surface area contributed by atoms with Gasteiger partial charge in [-0.05, 0) is 54.1 Å². The van der Waals surface area contributed by atoms with Crippen molar-refractivity contribution in [3.05, 3.63) is 119 Å². The molecule has 0 bridgehead atoms. The maximum Gasteiger partial charge on any atom is 0.336 e. The van der Waals surface area contributed by atoms with E-state index >= 15 is 0 Å². The van der Waals surface area contributed by atoms with Gasteiger partial charge in [-0.2, -0.15) is 0 Å². The lowest BCUT2D eigenvalue weighted by atomic mass is 10.1. The van der Waals surface area contributed by atoms with Gasteiger partial charge in [0.2, 0.25) is 0 Å². The molecule has 1 fully saturated rings. The topological polar surface area (TPSA) is 83.1 Å². The Morgan fingerprint density at radius 2 is 1.61 bits per heavy atom. The van der Waals surface area contributed by atoms with Crippen LogP contribution in [0.2, 0.25) is 0 Å². The third-order valence-electron chi connectivity index (χ3n) is 5.66. The second-order valence-corrected chi connectivity index (χ2v) is 9.09. The highest BCUT2D eigenvalue weighted by atomic mass is 32.2. The predicted octanol–water partition coefficient (Wildman–Crippen LogP) is 6.49. The van der Waals surface area contributed by atoms with Gasteiger partial charge in [0.25, 0.3) is 5.91 Å². The summed E-state index contributed by atoms with van der Waals surface area (Å²) in [6, 6.07) is 29.7. The number of carbonyl (C=O) groups is 2. The van der Waals surface area contributed by atoms with Gasteiger partial charge in [-0.1, -0.05) is 66.7 Å². The van der Waals surface area contributed by atoms with Crippen molar-refractivity contribution in [1.29, 1.82) is 0 Å². The number of nitrogens with zero attached hydrogens (tertiary/aromatic N) is 2. The lowest BCUT2D eigenvalue weighted by Crippen LogP contribution is -2.31. The molecule has 2 heterocycles. The highest BCUT2D eigenvalue weighted by Crippen LogP contribution is 2.35. The van der Waals surface area contributed by atoms with Crippen LogP contribution in [0.5, 0.6) is 0 Å². The molecule has 4 aromatic rings. The van der Waals surface area contributed by atoms with Crippen molar-refractivity contribution in [3.8, 4) is 11.3 Å². The van der Waals surface area contributed by atoms with E-state index in [9.17, 15) is 14.7 Å². The third-order valence-corrected chi connectivity index (χ3v) is 6.67. The SMILES string of the molecule is O=C(O)c1ccccc1-c1ccc(/C=C2/SC(=Nc3ccccc3)N(CCc3ccccc3)C2=O)o1. The number of hydrogen-bond donors (Lipinski definition) is 1. The zero-order chi connectivity index (χ0) is 24.9. The highest BCUT2D eigenvalue weighted by Gasteiger charge is 2.33. The van der Waals surface area contributed by atoms with Crippen LogP contribution in [0.25, 0.3) is 17.4 Å². The van der Waals surface area contributed by atoms with Crippen molar-refractivity contribution in [2.75, 3.05) is 6.54 Å². The Balaban J connectivity index is 1.44. The minimum atomic E-state index is -1.03. The maximum absolute atomic E-state index is 13.4. The number of rotatable bonds is 7. The van der Waals surface area contributed by atoms with Crippen LogP contribution in [0.4, 0.5) is 5.69 Å². The zero-order valence-corrected chi connectivity index (χ0v) is 20.0. The van der Waals surface area contributed by atoms with E-state index in [-0.39, 0.29) is 11.5 Å². The minimum Gasteiger partial charge on any atom is -0.478 e. The number of para-hydroxylation sites is 1. The van der Waals surface area contributed by atoms with E-state index < -0.39 is 5.97 Å². The van der Waals surface area contributed by atoms with E-state index in [1.807, 2.05) is 60.7 Å². The summed E-state index contributed by atoms with van der Waals surface area (Å²) in [5.41, 5.74) is 2.54. The normalized spacial score (nSPS) is 15.7. The number of furan rings is 1. The molecule has 1 aliphatic rings. The fourth-order valence-electron chi connectivity index (χ4n) is 3.88. The van der Waals surface area contributed by atoms with Gasteiger partial charge >= 0.3 is 5.97 Å². The van der Waals surface area contributed by atoms with Gasteiger partial charge in [-0.15, -0.1) is 0 Å². The Morgan fingerprint density at radius 3 is 2.36 bits per heavy atom. The number of thioether (sulfide) groups is 1. The Kier molecular flexibility index (Phi) is 6.82. The smallest absolute Gasteiger partial charge is 0.336 e. The summed E-state index contributed by atoms with van der Waals surface area (Å²) < 4.78 is 5.93. The van der Waals surface area contributed by atoms with Gasteiger partial charge in [0, 0.05) is 18.2 Å². The van der Waals surface area contributed by atoms with Gasteiger partial charge in [-0.25, -0.2) is 9.79 Å². The molecule has 1 saturated heterocycles. The summed E-state index contributed by atoms with van der Waals surface area (Å²) in [4.78, 5) is 31.9. The van der Waals surface area contributed by atoms with Crippen LogP contribution in [-0.4, -0.2) is 33.6 Å². The van der Waals surface area contributed by atoms with Crippen molar-refractivity contribution in [2.24, 2.45) is 4.99 Å². The standard InChI is InChI=1S/C29H22N2O4S/c32-27-26(19-22-15-16-25(35-22)23-13-7-8-14-24(23)28(33)34)36-29(30-21-11-5-2-6-12-21)31(27)18-17-20-9-3-1-4-10-20/h1-16,19H,17-18H2,(H,33,34)/b26-19+,30-29?. The van der Waals surface area contributed by atoms with E-state index in [0.717, 1.165) is 11.3 Å². The molecule has 3 aromatic carbocycles. The molecule has 1 N–H and O–H groups in total. The summed E-state index contributed by atoms with van der Waals surface area (Å²) >= 11 is 1.30. The average Bonchev–Trinajstić information content (AvgIpc) is 3.48. The quantitative estimate of drug-likeness (QED) is 0.297. The Hall–Kier alpha value is -4.36. The first-order valence-electron chi connectivity index (χ1n) is 11.4. The van der Waals surface area contributed by atoms with Crippen LogP contribution in [0.15, 0.2) is 111 Å². The first-order valence-corrected chi connectivity index (χ1v) is 12.2. The molecule has 7 heteroatoms. The first-order chi connectivity index (χ1) is 17.6. The van der Waals surface area contributed by atoms with E-state index in [1.54, 1.807) is 41.3 Å². The number of amides is 1. The molecule has 0 atom stereocenters. The molecule has 1 aliphatic heterocycles. The lowest BCUT2D eigenvalue weighted by Gasteiger charge is -2.15. The van der Waals surface area contributed by atoms with E-state index in [1.165, 1.54) is 17.8 Å². The van der Waals surface area contributed by atoms with Crippen molar-refractivity contribution >= 4 is 40.6 Å². The van der Waals surface area contributed by atoms with Gasteiger partial charge in [0.05, 0.1) is 16.2 Å². The number of carbonyl (C=O) groups excluding carboxylic acids is 1. The number of aromatic carboxylic acids is 1. The second-order valence-electron chi connectivity index (χ2n) is 8.09. The van der Waals surface area contributed by atoms with Crippen LogP contribution in [0.3, 0.4) is 0 Å². The van der Waals surface area contributed by atoms with Gasteiger partial charge < -0.3 is 9.52 Å². The zero-order valence-electron chi connectivity index (χ0n) is 19.2. The average molecular weight is 495 g/mol. The van der Waals surface area contributed by atoms with Gasteiger partial charge in [0.1, 0.15) is 11.5 Å². The highest BCUT2D eigenvalue weighted by molar-refractivity contribution is 8.18. The summed E-state index contributed by atoms with van der Waals surface area (Å²) in [5, 5.41) is 10.1. The summed E-state index contributed by atoms with van der Waals surface area (Å²) in [7, 11) is 0. The number of benzene rings is 3. The largest absolute Gasteiger partial charge is 0.478 e.